The summed E-state index contributed by atoms with van der Waals surface area (Å²) in [6, 6.07) is 5.86. The molecular formula is C13H16BrNO. The zero-order chi connectivity index (χ0) is 11.8. The standard InChI is InChI=1S/C13H16BrNO/c1-9-4-3-5-11(10(9)2)12(16)15-13(8-14)6-7-13/h3-5H,6-8H2,1-2H3,(H,15,16). The minimum atomic E-state index is 0.0211. The first-order chi connectivity index (χ1) is 7.58. The topological polar surface area (TPSA) is 29.1 Å². The fraction of sp³-hybridized carbons (Fsp3) is 0.462. The van der Waals surface area contributed by atoms with Crippen molar-refractivity contribution in [3.63, 3.8) is 0 Å². The highest BCUT2D eigenvalue weighted by Crippen LogP contribution is 2.37. The molecule has 1 amide bonds. The van der Waals surface area contributed by atoms with Crippen LogP contribution in [0.4, 0.5) is 0 Å². The summed E-state index contributed by atoms with van der Waals surface area (Å²) in [4.78, 5) is 12.1. The molecule has 0 aliphatic heterocycles. The quantitative estimate of drug-likeness (QED) is 0.848. The first-order valence-corrected chi connectivity index (χ1v) is 6.65. The van der Waals surface area contributed by atoms with E-state index >= 15 is 0 Å². The molecule has 1 aliphatic rings. The van der Waals surface area contributed by atoms with Gasteiger partial charge in [0.2, 0.25) is 0 Å². The Balaban J connectivity index is 2.18. The zero-order valence-electron chi connectivity index (χ0n) is 9.64. The fourth-order valence-corrected chi connectivity index (χ4v) is 2.45. The Kier molecular flexibility index (Phi) is 3.06. The van der Waals surface area contributed by atoms with Crippen LogP contribution >= 0.6 is 15.9 Å². The number of halogens is 1. The van der Waals surface area contributed by atoms with Gasteiger partial charge in [-0.25, -0.2) is 0 Å². The third-order valence-electron chi connectivity index (χ3n) is 3.34. The fourth-order valence-electron chi connectivity index (χ4n) is 1.75. The highest BCUT2D eigenvalue weighted by atomic mass is 79.9. The molecule has 1 fully saturated rings. The zero-order valence-corrected chi connectivity index (χ0v) is 11.2. The van der Waals surface area contributed by atoms with Crippen LogP contribution in [-0.4, -0.2) is 16.8 Å². The van der Waals surface area contributed by atoms with E-state index in [1.165, 1.54) is 0 Å². The Hall–Kier alpha value is -0.830. The average Bonchev–Trinajstić information content (AvgIpc) is 3.02. The van der Waals surface area contributed by atoms with E-state index in [1.54, 1.807) is 0 Å². The number of carbonyl (C=O) groups is 1. The molecule has 2 nitrogen and oxygen atoms in total. The lowest BCUT2D eigenvalue weighted by Gasteiger charge is -2.15. The Labute approximate surface area is 105 Å². The molecule has 1 N–H and O–H groups in total. The van der Waals surface area contributed by atoms with Crippen molar-refractivity contribution in [2.75, 3.05) is 5.33 Å². The van der Waals surface area contributed by atoms with Crippen LogP contribution in [-0.2, 0) is 0 Å². The third-order valence-corrected chi connectivity index (χ3v) is 4.41. The molecule has 3 heteroatoms. The SMILES string of the molecule is Cc1cccc(C(=O)NC2(CBr)CC2)c1C. The molecule has 2 rings (SSSR count). The lowest BCUT2D eigenvalue weighted by atomic mass is 10.0. The molecule has 86 valence electrons. The van der Waals surface area contributed by atoms with Crippen molar-refractivity contribution in [3.05, 3.63) is 34.9 Å². The number of nitrogens with one attached hydrogen (secondary N) is 1. The lowest BCUT2D eigenvalue weighted by Crippen LogP contribution is -2.38. The van der Waals surface area contributed by atoms with Crippen LogP contribution in [0.3, 0.4) is 0 Å². The van der Waals surface area contributed by atoms with Crippen LogP contribution in [0.15, 0.2) is 18.2 Å². The van der Waals surface area contributed by atoms with Crippen molar-refractivity contribution < 1.29 is 4.79 Å². The van der Waals surface area contributed by atoms with Crippen LogP contribution in [0.1, 0.15) is 34.3 Å². The second-order valence-corrected chi connectivity index (χ2v) is 5.18. The van der Waals surface area contributed by atoms with Gasteiger partial charge in [-0.05, 0) is 43.9 Å². The maximum Gasteiger partial charge on any atom is 0.252 e. The van der Waals surface area contributed by atoms with Crippen LogP contribution < -0.4 is 5.32 Å². The van der Waals surface area contributed by atoms with E-state index in [0.717, 1.165) is 34.9 Å². The van der Waals surface area contributed by atoms with Crippen molar-refractivity contribution >= 4 is 21.8 Å². The number of rotatable bonds is 3. The van der Waals surface area contributed by atoms with Gasteiger partial charge in [0.15, 0.2) is 0 Å². The maximum absolute atomic E-state index is 12.1. The van der Waals surface area contributed by atoms with E-state index in [2.05, 4.69) is 21.2 Å². The van der Waals surface area contributed by atoms with Gasteiger partial charge in [-0.1, -0.05) is 28.1 Å². The van der Waals surface area contributed by atoms with E-state index in [4.69, 9.17) is 0 Å². The predicted octanol–water partition coefficient (Wildman–Crippen LogP) is 2.96. The summed E-state index contributed by atoms with van der Waals surface area (Å²) in [6.07, 6.45) is 2.16. The number of benzene rings is 1. The first kappa shape index (κ1) is 11.6. The summed E-state index contributed by atoms with van der Waals surface area (Å²) in [7, 11) is 0. The van der Waals surface area contributed by atoms with Gasteiger partial charge in [0.1, 0.15) is 0 Å². The number of hydrogen-bond acceptors (Lipinski definition) is 1. The van der Waals surface area contributed by atoms with E-state index in [0.29, 0.717) is 0 Å². The minimum Gasteiger partial charge on any atom is -0.346 e. The smallest absolute Gasteiger partial charge is 0.252 e. The highest BCUT2D eigenvalue weighted by Gasteiger charge is 2.43. The van der Waals surface area contributed by atoms with Crippen LogP contribution in [0, 0.1) is 13.8 Å². The van der Waals surface area contributed by atoms with Crippen LogP contribution in [0.5, 0.6) is 0 Å². The van der Waals surface area contributed by atoms with Crippen molar-refractivity contribution in [3.8, 4) is 0 Å². The van der Waals surface area contributed by atoms with Gasteiger partial charge in [0.05, 0.1) is 5.54 Å². The number of alkyl halides is 1. The molecule has 0 aromatic heterocycles. The summed E-state index contributed by atoms with van der Waals surface area (Å²) in [5, 5.41) is 3.96. The summed E-state index contributed by atoms with van der Waals surface area (Å²) in [5.74, 6) is 0.0538. The third kappa shape index (κ3) is 2.14. The molecular weight excluding hydrogens is 266 g/mol. The van der Waals surface area contributed by atoms with Gasteiger partial charge in [0.25, 0.3) is 5.91 Å². The first-order valence-electron chi connectivity index (χ1n) is 5.53. The van der Waals surface area contributed by atoms with Gasteiger partial charge in [0, 0.05) is 10.9 Å². The Bertz CT molecular complexity index is 424. The van der Waals surface area contributed by atoms with Gasteiger partial charge in [-0.15, -0.1) is 0 Å². The van der Waals surface area contributed by atoms with Gasteiger partial charge in [-0.2, -0.15) is 0 Å². The van der Waals surface area contributed by atoms with E-state index in [9.17, 15) is 4.79 Å². The molecule has 0 spiro atoms. The van der Waals surface area contributed by atoms with E-state index < -0.39 is 0 Å². The predicted molar refractivity (Wildman–Crippen MR) is 69.1 cm³/mol. The Morgan fingerprint density at radius 3 is 2.69 bits per heavy atom. The minimum absolute atomic E-state index is 0.0211. The molecule has 0 unspecified atom stereocenters. The van der Waals surface area contributed by atoms with Gasteiger partial charge >= 0.3 is 0 Å². The van der Waals surface area contributed by atoms with E-state index in [-0.39, 0.29) is 11.4 Å². The van der Waals surface area contributed by atoms with Crippen molar-refractivity contribution in [2.45, 2.75) is 32.2 Å². The highest BCUT2D eigenvalue weighted by molar-refractivity contribution is 9.09. The van der Waals surface area contributed by atoms with Crippen LogP contribution in [0.2, 0.25) is 0 Å². The summed E-state index contributed by atoms with van der Waals surface area (Å²) in [6.45, 7) is 4.03. The number of carbonyl (C=O) groups excluding carboxylic acids is 1. The number of amides is 1. The number of hydrogen-bond donors (Lipinski definition) is 1. The molecule has 0 heterocycles. The normalized spacial score (nSPS) is 16.9. The molecule has 1 aromatic carbocycles. The van der Waals surface area contributed by atoms with E-state index in [1.807, 2.05) is 32.0 Å². The Morgan fingerprint density at radius 1 is 1.44 bits per heavy atom. The molecule has 0 radical (unpaired) electrons. The maximum atomic E-state index is 12.1. The molecule has 16 heavy (non-hydrogen) atoms. The molecule has 1 saturated carbocycles. The monoisotopic (exact) mass is 281 g/mol. The number of aryl methyl sites for hydroxylation is 1. The summed E-state index contributed by atoms with van der Waals surface area (Å²) in [5.41, 5.74) is 3.06. The van der Waals surface area contributed by atoms with Gasteiger partial charge in [-0.3, -0.25) is 4.79 Å². The van der Waals surface area contributed by atoms with Gasteiger partial charge < -0.3 is 5.32 Å². The molecule has 0 atom stereocenters. The summed E-state index contributed by atoms with van der Waals surface area (Å²) < 4.78 is 0. The Morgan fingerprint density at radius 2 is 2.12 bits per heavy atom. The molecule has 0 saturated heterocycles. The van der Waals surface area contributed by atoms with Crippen molar-refractivity contribution in [1.82, 2.24) is 5.32 Å². The second-order valence-electron chi connectivity index (χ2n) is 4.62. The van der Waals surface area contributed by atoms with Crippen LogP contribution in [0.25, 0.3) is 0 Å². The second kappa shape index (κ2) is 4.21. The molecule has 1 aliphatic carbocycles. The molecule has 0 bridgehead atoms. The summed E-state index contributed by atoms with van der Waals surface area (Å²) >= 11 is 3.45. The average molecular weight is 282 g/mol. The largest absolute Gasteiger partial charge is 0.346 e. The van der Waals surface area contributed by atoms with Crippen molar-refractivity contribution in [1.29, 1.82) is 0 Å². The van der Waals surface area contributed by atoms with Crippen molar-refractivity contribution in [2.24, 2.45) is 0 Å². The molecule has 1 aromatic rings. The lowest BCUT2D eigenvalue weighted by molar-refractivity contribution is 0.0936.